The molecule has 1 amide bonds. The molecule has 0 aliphatic rings. The zero-order valence-electron chi connectivity index (χ0n) is 12.2. The molecule has 0 saturated heterocycles. The summed E-state index contributed by atoms with van der Waals surface area (Å²) in [5.41, 5.74) is 5.02. The summed E-state index contributed by atoms with van der Waals surface area (Å²) in [6, 6.07) is 13.6. The van der Waals surface area contributed by atoms with Gasteiger partial charge in [-0.1, -0.05) is 18.2 Å². The standard InChI is InChI=1S/C17H15FN4O/c18-13-5-7-14(8-6-13)19-11-17(23)22-21-10-12-9-20-16-4-2-1-3-15(12)16/h1-10,19-20H,11H2,(H,22,23)/b21-10-. The first kappa shape index (κ1) is 14.8. The third-order valence-corrected chi connectivity index (χ3v) is 3.31. The van der Waals surface area contributed by atoms with Crippen LogP contribution in [0.15, 0.2) is 59.8 Å². The Hall–Kier alpha value is -3.15. The number of fused-ring (bicyclic) bond motifs is 1. The Balaban J connectivity index is 1.53. The van der Waals surface area contributed by atoms with Crippen LogP contribution in [0.2, 0.25) is 0 Å². The molecular formula is C17H15FN4O. The van der Waals surface area contributed by atoms with E-state index in [-0.39, 0.29) is 18.3 Å². The molecule has 0 aliphatic carbocycles. The summed E-state index contributed by atoms with van der Waals surface area (Å²) in [5, 5.41) is 7.87. The van der Waals surface area contributed by atoms with E-state index in [1.165, 1.54) is 12.1 Å². The predicted molar refractivity (Wildman–Crippen MR) is 88.9 cm³/mol. The average Bonchev–Trinajstić information content (AvgIpc) is 2.98. The number of para-hydroxylation sites is 1. The molecule has 2 aromatic carbocycles. The number of nitrogens with zero attached hydrogens (tertiary/aromatic N) is 1. The Morgan fingerprint density at radius 2 is 1.96 bits per heavy atom. The Bertz CT molecular complexity index is 839. The highest BCUT2D eigenvalue weighted by atomic mass is 19.1. The SMILES string of the molecule is O=C(CNc1ccc(F)cc1)N/N=C\c1c[nH]c2ccccc12. The van der Waals surface area contributed by atoms with Gasteiger partial charge in [0.25, 0.3) is 5.91 Å². The number of hydrazone groups is 1. The number of aromatic amines is 1. The quantitative estimate of drug-likeness (QED) is 0.501. The fourth-order valence-electron chi connectivity index (χ4n) is 2.16. The van der Waals surface area contributed by atoms with Crippen molar-refractivity contribution >= 4 is 28.7 Å². The second-order valence-electron chi connectivity index (χ2n) is 4.94. The topological polar surface area (TPSA) is 69.3 Å². The molecule has 0 unspecified atom stereocenters. The number of rotatable bonds is 5. The summed E-state index contributed by atoms with van der Waals surface area (Å²) in [4.78, 5) is 14.8. The summed E-state index contributed by atoms with van der Waals surface area (Å²) >= 11 is 0. The van der Waals surface area contributed by atoms with Crippen LogP contribution in [0.4, 0.5) is 10.1 Å². The van der Waals surface area contributed by atoms with E-state index in [1.54, 1.807) is 18.3 Å². The third kappa shape index (κ3) is 3.74. The second kappa shape index (κ2) is 6.74. The molecule has 0 bridgehead atoms. The van der Waals surface area contributed by atoms with E-state index in [4.69, 9.17) is 0 Å². The number of aromatic nitrogens is 1. The molecule has 5 nitrogen and oxygen atoms in total. The molecule has 0 saturated carbocycles. The maximum atomic E-state index is 12.8. The summed E-state index contributed by atoms with van der Waals surface area (Å²) < 4.78 is 12.8. The van der Waals surface area contributed by atoms with Crippen molar-refractivity contribution in [2.45, 2.75) is 0 Å². The molecule has 0 spiro atoms. The van der Waals surface area contributed by atoms with Gasteiger partial charge >= 0.3 is 0 Å². The van der Waals surface area contributed by atoms with Gasteiger partial charge in [0.1, 0.15) is 5.82 Å². The van der Waals surface area contributed by atoms with Crippen molar-refractivity contribution in [1.82, 2.24) is 10.4 Å². The van der Waals surface area contributed by atoms with E-state index in [0.717, 1.165) is 16.5 Å². The van der Waals surface area contributed by atoms with Crippen molar-refractivity contribution in [1.29, 1.82) is 0 Å². The van der Waals surface area contributed by atoms with Crippen LogP contribution in [0.25, 0.3) is 10.9 Å². The molecule has 3 N–H and O–H groups in total. The van der Waals surface area contributed by atoms with Gasteiger partial charge in [-0.3, -0.25) is 4.79 Å². The van der Waals surface area contributed by atoms with Crippen molar-refractivity contribution in [2.75, 3.05) is 11.9 Å². The molecule has 0 aliphatic heterocycles. The van der Waals surface area contributed by atoms with Gasteiger partial charge in [-0.2, -0.15) is 5.10 Å². The van der Waals surface area contributed by atoms with Gasteiger partial charge in [0, 0.05) is 28.4 Å². The molecule has 1 aromatic heterocycles. The van der Waals surface area contributed by atoms with Gasteiger partial charge < -0.3 is 10.3 Å². The molecule has 0 atom stereocenters. The summed E-state index contributed by atoms with van der Waals surface area (Å²) in [5.74, 6) is -0.603. The lowest BCUT2D eigenvalue weighted by Crippen LogP contribution is -2.25. The summed E-state index contributed by atoms with van der Waals surface area (Å²) in [7, 11) is 0. The Kier molecular flexibility index (Phi) is 4.33. The Morgan fingerprint density at radius 1 is 1.17 bits per heavy atom. The highest BCUT2D eigenvalue weighted by Gasteiger charge is 2.01. The first-order valence-electron chi connectivity index (χ1n) is 7.10. The number of carbonyl (C=O) groups excluding carboxylic acids is 1. The van der Waals surface area contributed by atoms with Gasteiger partial charge in [0.05, 0.1) is 12.8 Å². The molecule has 6 heteroatoms. The van der Waals surface area contributed by atoms with Crippen LogP contribution in [0.1, 0.15) is 5.56 Å². The number of H-pyrrole nitrogens is 1. The number of nitrogens with one attached hydrogen (secondary N) is 3. The maximum Gasteiger partial charge on any atom is 0.259 e. The first-order valence-corrected chi connectivity index (χ1v) is 7.10. The number of hydrogen-bond acceptors (Lipinski definition) is 3. The monoisotopic (exact) mass is 310 g/mol. The van der Waals surface area contributed by atoms with E-state index in [2.05, 4.69) is 20.8 Å². The molecule has 1 heterocycles. The van der Waals surface area contributed by atoms with E-state index < -0.39 is 0 Å². The number of halogens is 1. The van der Waals surface area contributed by atoms with Crippen LogP contribution in [0, 0.1) is 5.82 Å². The fourth-order valence-corrected chi connectivity index (χ4v) is 2.16. The maximum absolute atomic E-state index is 12.8. The zero-order chi connectivity index (χ0) is 16.1. The van der Waals surface area contributed by atoms with Crippen LogP contribution in [0.5, 0.6) is 0 Å². The van der Waals surface area contributed by atoms with Crippen molar-refractivity contribution in [2.24, 2.45) is 5.10 Å². The molecule has 116 valence electrons. The van der Waals surface area contributed by atoms with E-state index in [9.17, 15) is 9.18 Å². The molecule has 3 rings (SSSR count). The molecule has 0 fully saturated rings. The van der Waals surface area contributed by atoms with Crippen molar-refractivity contribution in [3.8, 4) is 0 Å². The van der Waals surface area contributed by atoms with Crippen LogP contribution < -0.4 is 10.7 Å². The molecule has 23 heavy (non-hydrogen) atoms. The van der Waals surface area contributed by atoms with Crippen molar-refractivity contribution in [3.05, 3.63) is 66.1 Å². The van der Waals surface area contributed by atoms with Gasteiger partial charge in [-0.15, -0.1) is 0 Å². The van der Waals surface area contributed by atoms with Gasteiger partial charge in [0.2, 0.25) is 0 Å². The predicted octanol–water partition coefficient (Wildman–Crippen LogP) is 2.87. The highest BCUT2D eigenvalue weighted by Crippen LogP contribution is 2.15. The zero-order valence-corrected chi connectivity index (χ0v) is 12.2. The van der Waals surface area contributed by atoms with Crippen LogP contribution in [0.3, 0.4) is 0 Å². The van der Waals surface area contributed by atoms with E-state index >= 15 is 0 Å². The lowest BCUT2D eigenvalue weighted by atomic mass is 10.2. The lowest BCUT2D eigenvalue weighted by molar-refractivity contribution is -0.119. The van der Waals surface area contributed by atoms with Crippen molar-refractivity contribution < 1.29 is 9.18 Å². The summed E-state index contributed by atoms with van der Waals surface area (Å²) in [6.45, 7) is 0.0524. The smallest absolute Gasteiger partial charge is 0.259 e. The minimum atomic E-state index is -0.316. The number of anilines is 1. The largest absolute Gasteiger partial charge is 0.376 e. The molecule has 3 aromatic rings. The second-order valence-corrected chi connectivity index (χ2v) is 4.94. The normalized spacial score (nSPS) is 11.0. The van der Waals surface area contributed by atoms with E-state index in [0.29, 0.717) is 5.69 Å². The minimum absolute atomic E-state index is 0.0524. The third-order valence-electron chi connectivity index (χ3n) is 3.31. The van der Waals surface area contributed by atoms with Crippen LogP contribution in [-0.4, -0.2) is 23.7 Å². The minimum Gasteiger partial charge on any atom is -0.376 e. The van der Waals surface area contributed by atoms with Crippen LogP contribution >= 0.6 is 0 Å². The highest BCUT2D eigenvalue weighted by molar-refractivity contribution is 5.99. The Morgan fingerprint density at radius 3 is 2.78 bits per heavy atom. The number of amides is 1. The van der Waals surface area contributed by atoms with Crippen molar-refractivity contribution in [3.63, 3.8) is 0 Å². The summed E-state index contributed by atoms with van der Waals surface area (Å²) in [6.07, 6.45) is 3.42. The number of hydrogen-bond donors (Lipinski definition) is 3. The Labute approximate surface area is 132 Å². The van der Waals surface area contributed by atoms with E-state index in [1.807, 2.05) is 30.5 Å². The van der Waals surface area contributed by atoms with Gasteiger partial charge in [-0.05, 0) is 30.3 Å². The molecular weight excluding hydrogens is 295 g/mol. The fraction of sp³-hybridized carbons (Fsp3) is 0.0588. The average molecular weight is 310 g/mol. The lowest BCUT2D eigenvalue weighted by Gasteiger charge is -2.04. The molecule has 0 radical (unpaired) electrons. The first-order chi connectivity index (χ1) is 11.2. The number of benzene rings is 2. The van der Waals surface area contributed by atoms with Gasteiger partial charge in [0.15, 0.2) is 0 Å². The number of carbonyl (C=O) groups is 1. The van der Waals surface area contributed by atoms with Crippen LogP contribution in [-0.2, 0) is 4.79 Å². The van der Waals surface area contributed by atoms with Gasteiger partial charge in [-0.25, -0.2) is 9.82 Å².